The van der Waals surface area contributed by atoms with Crippen LogP contribution < -0.4 is 5.32 Å². The predicted molar refractivity (Wildman–Crippen MR) is 80.6 cm³/mol. The van der Waals surface area contributed by atoms with E-state index in [1.165, 1.54) is 0 Å². The molecule has 0 aliphatic rings. The Morgan fingerprint density at radius 3 is 2.59 bits per heavy atom. The van der Waals surface area contributed by atoms with E-state index in [-0.39, 0.29) is 5.91 Å². The van der Waals surface area contributed by atoms with E-state index in [1.54, 1.807) is 4.90 Å². The van der Waals surface area contributed by atoms with Crippen LogP contribution in [0.25, 0.3) is 0 Å². The van der Waals surface area contributed by atoms with E-state index >= 15 is 0 Å². The molecule has 1 amide bonds. The van der Waals surface area contributed by atoms with Crippen molar-refractivity contribution >= 4 is 45.8 Å². The average molecular weight is 367 g/mol. The molecule has 5 heteroatoms. The molecule has 0 fully saturated rings. The van der Waals surface area contributed by atoms with Crippen LogP contribution in [0, 0.1) is 3.57 Å². The van der Waals surface area contributed by atoms with E-state index in [2.05, 4.69) is 27.9 Å². The van der Waals surface area contributed by atoms with Gasteiger partial charge in [0.25, 0.3) is 0 Å². The molecule has 0 aliphatic heterocycles. The molecule has 17 heavy (non-hydrogen) atoms. The second-order valence-electron chi connectivity index (χ2n) is 3.54. The lowest BCUT2D eigenvalue weighted by molar-refractivity contribution is -0.128. The van der Waals surface area contributed by atoms with Crippen LogP contribution in [-0.2, 0) is 4.79 Å². The Balaban J connectivity index is 2.58. The molecule has 0 spiro atoms. The number of rotatable bonds is 5. The van der Waals surface area contributed by atoms with E-state index in [0.717, 1.165) is 22.3 Å². The van der Waals surface area contributed by atoms with Gasteiger partial charge in [-0.1, -0.05) is 11.6 Å². The fourth-order valence-corrected chi connectivity index (χ4v) is 2.55. The van der Waals surface area contributed by atoms with Crippen LogP contribution in [0.5, 0.6) is 0 Å². The molecule has 1 aromatic rings. The van der Waals surface area contributed by atoms with Crippen molar-refractivity contribution in [2.75, 3.05) is 25.0 Å². The summed E-state index contributed by atoms with van der Waals surface area (Å²) in [6.07, 6.45) is 0. The molecule has 94 valence electrons. The summed E-state index contributed by atoms with van der Waals surface area (Å²) in [4.78, 5) is 13.6. The van der Waals surface area contributed by atoms with Gasteiger partial charge in [0, 0.05) is 27.4 Å². The molecule has 0 bridgehead atoms. The third-order valence-electron chi connectivity index (χ3n) is 2.48. The highest BCUT2D eigenvalue weighted by atomic mass is 127. The molecular weight excluding hydrogens is 351 g/mol. The first kappa shape index (κ1) is 14.6. The summed E-state index contributed by atoms with van der Waals surface area (Å²) in [5, 5.41) is 3.84. The minimum atomic E-state index is 0.112. The molecule has 3 nitrogen and oxygen atoms in total. The summed E-state index contributed by atoms with van der Waals surface area (Å²) >= 11 is 8.06. The molecule has 0 atom stereocenters. The number of hydrogen-bond acceptors (Lipinski definition) is 2. The third-order valence-corrected chi connectivity index (χ3v) is 3.60. The van der Waals surface area contributed by atoms with Crippen LogP contribution in [0.3, 0.4) is 0 Å². The summed E-state index contributed by atoms with van der Waals surface area (Å²) in [7, 11) is 0. The zero-order chi connectivity index (χ0) is 12.8. The number of nitrogens with one attached hydrogen (secondary N) is 1. The van der Waals surface area contributed by atoms with E-state index in [0.29, 0.717) is 11.6 Å². The van der Waals surface area contributed by atoms with E-state index in [4.69, 9.17) is 11.6 Å². The minimum absolute atomic E-state index is 0.112. The molecule has 0 radical (unpaired) electrons. The van der Waals surface area contributed by atoms with Gasteiger partial charge in [0.15, 0.2) is 0 Å². The number of halogens is 2. The van der Waals surface area contributed by atoms with Gasteiger partial charge < -0.3 is 10.2 Å². The second kappa shape index (κ2) is 7.06. The van der Waals surface area contributed by atoms with Gasteiger partial charge in [-0.2, -0.15) is 0 Å². The Kier molecular flexibility index (Phi) is 6.05. The number of benzene rings is 1. The zero-order valence-electron chi connectivity index (χ0n) is 9.96. The fraction of sp³-hybridized carbons (Fsp3) is 0.417. The number of hydrogen-bond donors (Lipinski definition) is 1. The fourth-order valence-electron chi connectivity index (χ4n) is 1.49. The quantitative estimate of drug-likeness (QED) is 0.812. The molecular formula is C12H16ClIN2O. The molecule has 0 unspecified atom stereocenters. The number of nitrogens with zero attached hydrogens (tertiary/aromatic N) is 1. The van der Waals surface area contributed by atoms with Crippen LogP contribution in [-0.4, -0.2) is 30.4 Å². The maximum absolute atomic E-state index is 11.8. The normalized spacial score (nSPS) is 10.1. The van der Waals surface area contributed by atoms with Crippen molar-refractivity contribution < 1.29 is 4.79 Å². The average Bonchev–Trinajstić information content (AvgIpc) is 2.29. The van der Waals surface area contributed by atoms with Crippen molar-refractivity contribution in [3.05, 3.63) is 26.8 Å². The second-order valence-corrected chi connectivity index (χ2v) is 5.14. The van der Waals surface area contributed by atoms with Crippen molar-refractivity contribution in [3.63, 3.8) is 0 Å². The van der Waals surface area contributed by atoms with Gasteiger partial charge in [-0.25, -0.2) is 0 Å². The van der Waals surface area contributed by atoms with Gasteiger partial charge >= 0.3 is 0 Å². The highest BCUT2D eigenvalue weighted by Gasteiger charge is 2.09. The van der Waals surface area contributed by atoms with Crippen molar-refractivity contribution in [3.8, 4) is 0 Å². The first-order valence-corrected chi connectivity index (χ1v) is 7.00. The van der Waals surface area contributed by atoms with Crippen LogP contribution in [0.4, 0.5) is 5.69 Å². The van der Waals surface area contributed by atoms with E-state index < -0.39 is 0 Å². The van der Waals surface area contributed by atoms with Crippen LogP contribution in [0.15, 0.2) is 18.2 Å². The summed E-state index contributed by atoms with van der Waals surface area (Å²) in [5.41, 5.74) is 0.940. The van der Waals surface area contributed by atoms with Gasteiger partial charge in [0.1, 0.15) is 0 Å². The number of likely N-dealkylation sites (N-methyl/N-ethyl adjacent to an activating group) is 1. The Labute approximate surface area is 121 Å². The standard InChI is InChI=1S/C12H16ClIN2O/c1-3-16(4-2)12(17)8-15-11-6-5-9(13)7-10(11)14/h5-7,15H,3-4,8H2,1-2H3. The van der Waals surface area contributed by atoms with Gasteiger partial charge in [-0.3, -0.25) is 4.79 Å². The van der Waals surface area contributed by atoms with Crippen molar-refractivity contribution in [2.45, 2.75) is 13.8 Å². The third kappa shape index (κ3) is 4.35. The SMILES string of the molecule is CCN(CC)C(=O)CNc1ccc(Cl)cc1I. The summed E-state index contributed by atoms with van der Waals surface area (Å²) in [5.74, 6) is 0.112. The summed E-state index contributed by atoms with van der Waals surface area (Å²) in [6.45, 7) is 5.77. The molecule has 1 aromatic carbocycles. The number of anilines is 1. The summed E-state index contributed by atoms with van der Waals surface area (Å²) < 4.78 is 1.02. The lowest BCUT2D eigenvalue weighted by Crippen LogP contribution is -2.35. The van der Waals surface area contributed by atoms with Gasteiger partial charge in [0.05, 0.1) is 6.54 Å². The largest absolute Gasteiger partial charge is 0.375 e. The highest BCUT2D eigenvalue weighted by Crippen LogP contribution is 2.21. The minimum Gasteiger partial charge on any atom is -0.375 e. The van der Waals surface area contributed by atoms with E-state index in [9.17, 15) is 4.79 Å². The van der Waals surface area contributed by atoms with Crippen LogP contribution >= 0.6 is 34.2 Å². The Morgan fingerprint density at radius 2 is 2.06 bits per heavy atom. The lowest BCUT2D eigenvalue weighted by atomic mass is 10.3. The maximum atomic E-state index is 11.8. The van der Waals surface area contributed by atoms with Crippen molar-refractivity contribution in [2.24, 2.45) is 0 Å². The lowest BCUT2D eigenvalue weighted by Gasteiger charge is -2.19. The molecule has 0 aromatic heterocycles. The van der Waals surface area contributed by atoms with Gasteiger partial charge in [-0.05, 0) is 54.6 Å². The van der Waals surface area contributed by atoms with Gasteiger partial charge in [0.2, 0.25) is 5.91 Å². The molecule has 0 aliphatic carbocycles. The highest BCUT2D eigenvalue weighted by molar-refractivity contribution is 14.1. The summed E-state index contributed by atoms with van der Waals surface area (Å²) in [6, 6.07) is 5.57. The van der Waals surface area contributed by atoms with Crippen molar-refractivity contribution in [1.82, 2.24) is 4.90 Å². The molecule has 0 saturated heterocycles. The Morgan fingerprint density at radius 1 is 1.41 bits per heavy atom. The topological polar surface area (TPSA) is 32.3 Å². The first-order valence-electron chi connectivity index (χ1n) is 5.55. The zero-order valence-corrected chi connectivity index (χ0v) is 12.9. The Bertz CT molecular complexity index is 394. The number of carbonyl (C=O) groups excluding carboxylic acids is 1. The first-order chi connectivity index (χ1) is 8.08. The van der Waals surface area contributed by atoms with Crippen LogP contribution in [0.2, 0.25) is 5.02 Å². The monoisotopic (exact) mass is 366 g/mol. The Hall–Kier alpha value is -0.490. The van der Waals surface area contributed by atoms with Crippen LogP contribution in [0.1, 0.15) is 13.8 Å². The maximum Gasteiger partial charge on any atom is 0.241 e. The molecule has 0 saturated carbocycles. The molecule has 0 heterocycles. The molecule has 1 N–H and O–H groups in total. The number of carbonyl (C=O) groups is 1. The smallest absolute Gasteiger partial charge is 0.241 e. The number of amides is 1. The van der Waals surface area contributed by atoms with Crippen molar-refractivity contribution in [1.29, 1.82) is 0 Å². The molecule has 1 rings (SSSR count). The van der Waals surface area contributed by atoms with E-state index in [1.807, 2.05) is 32.0 Å². The van der Waals surface area contributed by atoms with Gasteiger partial charge in [-0.15, -0.1) is 0 Å². The predicted octanol–water partition coefficient (Wildman–Crippen LogP) is 3.22.